The minimum atomic E-state index is -0.125. The second kappa shape index (κ2) is 8.17. The Kier molecular flexibility index (Phi) is 5.21. The summed E-state index contributed by atoms with van der Waals surface area (Å²) in [4.78, 5) is 15.5. The zero-order chi connectivity index (χ0) is 21.4. The number of Topliss-reactive ketones (excluding diaryl/α,β-unsaturated/α-hetero) is 1. The normalized spacial score (nSPS) is 18.0. The molecule has 5 rings (SSSR count). The lowest BCUT2D eigenvalue weighted by atomic mass is 10.0. The first-order valence-electron chi connectivity index (χ1n) is 10.7. The maximum Gasteiger partial charge on any atom is 0.232 e. The van der Waals surface area contributed by atoms with Gasteiger partial charge in [-0.1, -0.05) is 18.2 Å². The number of aromatic nitrogens is 2. The van der Waals surface area contributed by atoms with Crippen LogP contribution in [0.2, 0.25) is 0 Å². The Morgan fingerprint density at radius 1 is 1.19 bits per heavy atom. The van der Waals surface area contributed by atoms with E-state index in [1.807, 2.05) is 44.2 Å². The van der Waals surface area contributed by atoms with Crippen LogP contribution in [-0.4, -0.2) is 53.2 Å². The first-order chi connectivity index (χ1) is 15.1. The molecule has 1 saturated heterocycles. The molecule has 2 aliphatic rings. The fraction of sp³-hybridized carbons (Fsp3) is 0.333. The molecule has 2 N–H and O–H groups in total. The molecule has 0 spiro atoms. The van der Waals surface area contributed by atoms with E-state index >= 15 is 0 Å². The van der Waals surface area contributed by atoms with Crippen molar-refractivity contribution in [1.82, 2.24) is 20.4 Å². The molecular weight excluding hydrogens is 392 g/mol. The number of para-hydroxylation sites is 1. The molecule has 31 heavy (non-hydrogen) atoms. The van der Waals surface area contributed by atoms with Gasteiger partial charge in [0, 0.05) is 44.2 Å². The molecule has 2 aromatic carbocycles. The van der Waals surface area contributed by atoms with E-state index in [-0.39, 0.29) is 17.6 Å². The highest BCUT2D eigenvalue weighted by Gasteiger charge is 2.32. The Bertz CT molecular complexity index is 1160. The third-order valence-corrected chi connectivity index (χ3v) is 5.62. The third-order valence-electron chi connectivity index (χ3n) is 5.62. The van der Waals surface area contributed by atoms with Gasteiger partial charge in [-0.2, -0.15) is 5.10 Å². The number of hydrogen-bond acceptors (Lipinski definition) is 6. The van der Waals surface area contributed by atoms with Crippen LogP contribution in [0.3, 0.4) is 0 Å². The molecule has 3 heterocycles. The lowest BCUT2D eigenvalue weighted by Gasteiger charge is -2.28. The largest absolute Gasteiger partial charge is 0.491 e. The van der Waals surface area contributed by atoms with E-state index in [2.05, 4.69) is 20.4 Å². The zero-order valence-electron chi connectivity index (χ0n) is 17.8. The summed E-state index contributed by atoms with van der Waals surface area (Å²) in [6.45, 7) is 8.48. The topological polar surface area (TPSA) is 79.5 Å². The van der Waals surface area contributed by atoms with Gasteiger partial charge in [0.25, 0.3) is 0 Å². The summed E-state index contributed by atoms with van der Waals surface area (Å²) in [5.41, 5.74) is 3.11. The number of aromatic amines is 1. The highest BCUT2D eigenvalue weighted by Crippen LogP contribution is 2.41. The maximum absolute atomic E-state index is 13.1. The van der Waals surface area contributed by atoms with Crippen LogP contribution in [0.1, 0.15) is 35.5 Å². The lowest BCUT2D eigenvalue weighted by Crippen LogP contribution is -2.43. The molecule has 2 aliphatic heterocycles. The van der Waals surface area contributed by atoms with Gasteiger partial charge >= 0.3 is 0 Å². The number of allylic oxidation sites excluding steroid dienone is 1. The van der Waals surface area contributed by atoms with Crippen LogP contribution < -0.4 is 14.8 Å². The summed E-state index contributed by atoms with van der Waals surface area (Å²) in [7, 11) is 0. The fourth-order valence-electron chi connectivity index (χ4n) is 4.11. The van der Waals surface area contributed by atoms with Crippen molar-refractivity contribution >= 4 is 22.8 Å². The number of ether oxygens (including phenoxy) is 2. The molecule has 0 aliphatic carbocycles. The highest BCUT2D eigenvalue weighted by molar-refractivity contribution is 6.15. The quantitative estimate of drug-likeness (QED) is 0.619. The third kappa shape index (κ3) is 3.82. The Balaban J connectivity index is 1.52. The van der Waals surface area contributed by atoms with Gasteiger partial charge in [-0.15, -0.1) is 0 Å². The molecule has 0 atom stereocenters. The fourth-order valence-corrected chi connectivity index (χ4v) is 4.11. The van der Waals surface area contributed by atoms with Gasteiger partial charge in [-0.05, 0) is 32.0 Å². The van der Waals surface area contributed by atoms with Crippen molar-refractivity contribution in [2.45, 2.75) is 26.5 Å². The molecule has 1 aromatic heterocycles. The van der Waals surface area contributed by atoms with E-state index in [0.29, 0.717) is 23.6 Å². The van der Waals surface area contributed by atoms with Gasteiger partial charge in [-0.25, -0.2) is 0 Å². The molecule has 0 radical (unpaired) electrons. The minimum Gasteiger partial charge on any atom is -0.491 e. The van der Waals surface area contributed by atoms with Crippen molar-refractivity contribution in [1.29, 1.82) is 0 Å². The molecule has 0 saturated carbocycles. The lowest BCUT2D eigenvalue weighted by molar-refractivity contribution is 0.101. The minimum absolute atomic E-state index is 0.0300. The van der Waals surface area contributed by atoms with E-state index < -0.39 is 0 Å². The predicted molar refractivity (Wildman–Crippen MR) is 119 cm³/mol. The number of nitrogens with one attached hydrogen (secondary N) is 2. The molecule has 1 fully saturated rings. The van der Waals surface area contributed by atoms with Gasteiger partial charge in [0.15, 0.2) is 5.76 Å². The van der Waals surface area contributed by atoms with Crippen LogP contribution in [-0.2, 0) is 6.54 Å². The van der Waals surface area contributed by atoms with Crippen LogP contribution in [0.5, 0.6) is 11.5 Å². The molecule has 3 aromatic rings. The average Bonchev–Trinajstić information content (AvgIpc) is 3.32. The van der Waals surface area contributed by atoms with Crippen molar-refractivity contribution in [2.75, 3.05) is 26.2 Å². The monoisotopic (exact) mass is 418 g/mol. The number of fused-ring (bicyclic) bond motifs is 2. The molecule has 0 unspecified atom stereocenters. The van der Waals surface area contributed by atoms with Crippen LogP contribution >= 0.6 is 0 Å². The molecular formula is C24H26N4O3. The van der Waals surface area contributed by atoms with E-state index in [1.165, 1.54) is 0 Å². The van der Waals surface area contributed by atoms with Crippen molar-refractivity contribution in [3.63, 3.8) is 0 Å². The molecule has 0 amide bonds. The summed E-state index contributed by atoms with van der Waals surface area (Å²) >= 11 is 0. The van der Waals surface area contributed by atoms with Gasteiger partial charge in [0.1, 0.15) is 11.5 Å². The summed E-state index contributed by atoms with van der Waals surface area (Å²) in [5, 5.41) is 11.7. The number of rotatable bonds is 5. The van der Waals surface area contributed by atoms with E-state index in [1.54, 1.807) is 12.1 Å². The summed E-state index contributed by atoms with van der Waals surface area (Å²) in [6, 6.07) is 11.5. The number of piperazine rings is 1. The van der Waals surface area contributed by atoms with E-state index in [0.717, 1.165) is 48.4 Å². The van der Waals surface area contributed by atoms with Crippen molar-refractivity contribution in [3.8, 4) is 11.5 Å². The van der Waals surface area contributed by atoms with Crippen LogP contribution in [0.4, 0.5) is 0 Å². The van der Waals surface area contributed by atoms with Gasteiger partial charge in [-0.3, -0.25) is 14.8 Å². The number of ketones is 1. The Labute approximate surface area is 181 Å². The number of carbonyl (C=O) groups excluding carboxylic acids is 1. The van der Waals surface area contributed by atoms with E-state index in [9.17, 15) is 4.79 Å². The van der Waals surface area contributed by atoms with Crippen molar-refractivity contribution in [3.05, 3.63) is 59.0 Å². The number of benzene rings is 2. The van der Waals surface area contributed by atoms with Crippen LogP contribution in [0.25, 0.3) is 17.0 Å². The number of hydrogen-bond donors (Lipinski definition) is 2. The smallest absolute Gasteiger partial charge is 0.232 e. The molecule has 7 nitrogen and oxygen atoms in total. The number of H-pyrrole nitrogens is 1. The molecule has 160 valence electrons. The number of carbonyl (C=O) groups is 1. The summed E-state index contributed by atoms with van der Waals surface area (Å²) in [6.07, 6.45) is 1.75. The Morgan fingerprint density at radius 2 is 2.00 bits per heavy atom. The highest BCUT2D eigenvalue weighted by atomic mass is 16.5. The molecule has 0 bridgehead atoms. The van der Waals surface area contributed by atoms with Gasteiger partial charge < -0.3 is 14.8 Å². The second-order valence-corrected chi connectivity index (χ2v) is 8.21. The first-order valence-corrected chi connectivity index (χ1v) is 10.7. The molecule has 7 heteroatoms. The van der Waals surface area contributed by atoms with Crippen LogP contribution in [0, 0.1) is 0 Å². The first kappa shape index (κ1) is 19.8. The van der Waals surface area contributed by atoms with E-state index in [4.69, 9.17) is 9.47 Å². The van der Waals surface area contributed by atoms with Gasteiger partial charge in [0.2, 0.25) is 5.78 Å². The van der Waals surface area contributed by atoms with Gasteiger partial charge in [0.05, 0.1) is 28.4 Å². The summed E-state index contributed by atoms with van der Waals surface area (Å²) in [5.74, 6) is 1.54. The van der Waals surface area contributed by atoms with Crippen molar-refractivity contribution < 1.29 is 14.3 Å². The predicted octanol–water partition coefficient (Wildman–Crippen LogP) is 3.37. The second-order valence-electron chi connectivity index (χ2n) is 8.21. The SMILES string of the molecule is CC(C)Oc1ccc2c(c1CN1CCNCC1)OC(=Cc1n[nH]c3ccccc13)C2=O. The Hall–Kier alpha value is -3.16. The summed E-state index contributed by atoms with van der Waals surface area (Å²) < 4.78 is 12.2. The maximum atomic E-state index is 13.1. The van der Waals surface area contributed by atoms with Crippen molar-refractivity contribution in [2.24, 2.45) is 0 Å². The Morgan fingerprint density at radius 3 is 2.81 bits per heavy atom. The standard InChI is InChI=1S/C24H26N4O3/c1-15(2)30-21-8-7-17-23(29)22(13-20-16-5-3-4-6-19(16)26-27-20)31-24(17)18(21)14-28-11-9-25-10-12-28/h3-8,13,15,25H,9-12,14H2,1-2H3,(H,26,27). The van der Waals surface area contributed by atoms with Crippen LogP contribution in [0.15, 0.2) is 42.2 Å². The zero-order valence-corrected chi connectivity index (χ0v) is 17.8. The number of nitrogens with zero attached hydrogens (tertiary/aromatic N) is 2. The average molecular weight is 418 g/mol.